The summed E-state index contributed by atoms with van der Waals surface area (Å²) in [5.74, 6) is -7.04. The van der Waals surface area contributed by atoms with Crippen LogP contribution in [0.15, 0.2) is 10.7 Å². The summed E-state index contributed by atoms with van der Waals surface area (Å²) in [6, 6.07) is -3.52. The van der Waals surface area contributed by atoms with Crippen molar-refractivity contribution < 1.29 is 52.4 Å². The molecule has 10 amide bonds. The number of oxazole rings is 1. The fourth-order valence-electron chi connectivity index (χ4n) is 10.8. The Morgan fingerprint density at radius 1 is 0.655 bits per heavy atom. The second kappa shape index (κ2) is 33.0. The minimum absolute atomic E-state index is 0.0459. The van der Waals surface area contributed by atoms with E-state index in [0.29, 0.717) is 31.7 Å². The van der Waals surface area contributed by atoms with Crippen LogP contribution in [0.4, 0.5) is 0 Å². The molecule has 0 aromatic carbocycles. The van der Waals surface area contributed by atoms with Gasteiger partial charge < -0.3 is 62.1 Å². The highest BCUT2D eigenvalue weighted by Gasteiger charge is 2.42. The molecule has 9 N–H and O–H groups in total. The lowest BCUT2D eigenvalue weighted by Crippen LogP contribution is -2.65. The number of aryl methyl sites for hydroxylation is 1. The average Bonchev–Trinajstić information content (AvgIpc) is 4.16. The standard InChI is InChI=1S/C61H106N12O11/c1-17-18-19-20-21-22-26-42(50(76)67-47-27-25-32-73(47)54(80)46-36-84-41(8)63-46)49(75)64-44(34-39(4)5)52(78)69-59(11,12)56(82)66-43(33-38(2)3)51(77)65-45(35-40(6)7)53(79)70-60(13,14)57(83)71-58(9,10)55(81)62-31-28-48(74)68-61(37-72(15)16)29-23-24-30-61/h36,38-40,42-45,47H,17-35,37H2,1-16H3,(H,62,81)(H,64,75)(H,65,77)(H,66,82)(H,67,76)(H,68,74)(H,69,78)(H,70,79)(H,71,83)/t42-,43-,44-,45-,47-/m0/s1. The van der Waals surface area contributed by atoms with E-state index in [1.54, 1.807) is 6.92 Å². The van der Waals surface area contributed by atoms with Gasteiger partial charge in [0.15, 0.2) is 11.6 Å². The van der Waals surface area contributed by atoms with Crippen molar-refractivity contribution in [2.75, 3.05) is 33.7 Å². The Labute approximate surface area is 500 Å². The zero-order valence-electron chi connectivity index (χ0n) is 53.7. The third-order valence-electron chi connectivity index (χ3n) is 15.4. The number of hydrogen-bond donors (Lipinski definition) is 9. The Hall–Kier alpha value is -6.13. The van der Waals surface area contributed by atoms with Crippen LogP contribution >= 0.6 is 0 Å². The summed E-state index contributed by atoms with van der Waals surface area (Å²) in [6.07, 6.45) is 11.7. The van der Waals surface area contributed by atoms with Gasteiger partial charge in [0.2, 0.25) is 53.2 Å². The van der Waals surface area contributed by atoms with Crippen molar-refractivity contribution >= 4 is 59.1 Å². The number of carbonyl (C=O) groups is 10. The van der Waals surface area contributed by atoms with Crippen LogP contribution in [-0.2, 0) is 43.2 Å². The predicted octanol–water partition coefficient (Wildman–Crippen LogP) is 4.80. The summed E-state index contributed by atoms with van der Waals surface area (Å²) < 4.78 is 5.26. The number of nitrogens with zero attached hydrogens (tertiary/aromatic N) is 3. The molecular formula is C61H106N12O11. The van der Waals surface area contributed by atoms with Crippen LogP contribution in [0.1, 0.15) is 216 Å². The number of aromatic nitrogens is 1. The Balaban J connectivity index is 1.71. The highest BCUT2D eigenvalue weighted by Crippen LogP contribution is 2.30. The van der Waals surface area contributed by atoms with Gasteiger partial charge in [0.1, 0.15) is 53.1 Å². The molecule has 1 aromatic heterocycles. The molecule has 1 aromatic rings. The van der Waals surface area contributed by atoms with Crippen molar-refractivity contribution in [3.05, 3.63) is 17.8 Å². The molecule has 0 radical (unpaired) electrons. The van der Waals surface area contributed by atoms with Crippen LogP contribution in [0.2, 0.25) is 0 Å². The van der Waals surface area contributed by atoms with E-state index in [-0.39, 0.29) is 73.5 Å². The van der Waals surface area contributed by atoms with E-state index in [9.17, 15) is 47.9 Å². The third-order valence-corrected chi connectivity index (χ3v) is 15.4. The first-order chi connectivity index (χ1) is 39.1. The lowest BCUT2D eigenvalue weighted by atomic mass is 9.95. The van der Waals surface area contributed by atoms with Gasteiger partial charge in [-0.15, -0.1) is 0 Å². The highest BCUT2D eigenvalue weighted by molar-refractivity contribution is 6.03. The topological polar surface area (TPSA) is 311 Å². The number of carbonyl (C=O) groups excluding carboxylic acids is 10. The van der Waals surface area contributed by atoms with Crippen LogP contribution in [0.3, 0.4) is 0 Å². The summed E-state index contributed by atoms with van der Waals surface area (Å²) in [7, 11) is 3.94. The fraction of sp³-hybridized carbons (Fsp3) is 0.787. The zero-order chi connectivity index (χ0) is 63.3. The minimum Gasteiger partial charge on any atom is -0.448 e. The number of rotatable bonds is 35. The van der Waals surface area contributed by atoms with E-state index in [1.807, 2.05) is 55.6 Å². The summed E-state index contributed by atoms with van der Waals surface area (Å²) in [5, 5.41) is 25.5. The van der Waals surface area contributed by atoms with Gasteiger partial charge >= 0.3 is 0 Å². The first-order valence-electron chi connectivity index (χ1n) is 30.8. The van der Waals surface area contributed by atoms with Crippen molar-refractivity contribution in [1.29, 1.82) is 0 Å². The fourth-order valence-corrected chi connectivity index (χ4v) is 10.8. The first kappa shape index (κ1) is 72.1. The molecule has 1 aliphatic carbocycles. The molecule has 2 aliphatic rings. The van der Waals surface area contributed by atoms with Crippen molar-refractivity contribution in [3.63, 3.8) is 0 Å². The van der Waals surface area contributed by atoms with E-state index in [1.165, 1.54) is 52.7 Å². The van der Waals surface area contributed by atoms with E-state index in [4.69, 9.17) is 4.42 Å². The van der Waals surface area contributed by atoms with Gasteiger partial charge in [-0.2, -0.15) is 0 Å². The molecule has 2 heterocycles. The maximum Gasteiger partial charge on any atom is 0.277 e. The van der Waals surface area contributed by atoms with Crippen LogP contribution in [-0.4, -0.2) is 154 Å². The molecule has 23 heteroatoms. The van der Waals surface area contributed by atoms with Gasteiger partial charge in [-0.3, -0.25) is 47.9 Å². The number of likely N-dealkylation sites (N-methyl/N-ethyl adjacent to an activating group) is 1. The number of likely N-dealkylation sites (tertiary alicyclic amines) is 1. The maximum absolute atomic E-state index is 14.3. The number of unbranched alkanes of at least 4 members (excludes halogenated alkanes) is 5. The summed E-state index contributed by atoms with van der Waals surface area (Å²) in [4.78, 5) is 147. The summed E-state index contributed by atoms with van der Waals surface area (Å²) in [6.45, 7) is 25.0. The van der Waals surface area contributed by atoms with Crippen molar-refractivity contribution in [3.8, 4) is 0 Å². The molecule has 3 rings (SSSR count). The smallest absolute Gasteiger partial charge is 0.277 e. The highest BCUT2D eigenvalue weighted by atomic mass is 16.3. The zero-order valence-corrected chi connectivity index (χ0v) is 53.7. The predicted molar refractivity (Wildman–Crippen MR) is 321 cm³/mol. The molecule has 1 saturated heterocycles. The van der Waals surface area contributed by atoms with Crippen molar-refractivity contribution in [2.45, 2.75) is 253 Å². The molecule has 0 unspecified atom stereocenters. The Morgan fingerprint density at radius 2 is 1.17 bits per heavy atom. The monoisotopic (exact) mass is 1180 g/mol. The number of nitrogens with one attached hydrogen (secondary N) is 9. The van der Waals surface area contributed by atoms with Gasteiger partial charge in [-0.25, -0.2) is 4.98 Å². The molecule has 1 saturated carbocycles. The average molecular weight is 1180 g/mol. The maximum atomic E-state index is 14.3. The van der Waals surface area contributed by atoms with Crippen molar-refractivity contribution in [1.82, 2.24) is 62.6 Å². The number of hydrogen-bond acceptors (Lipinski definition) is 13. The normalized spacial score (nSPS) is 16.8. The van der Waals surface area contributed by atoms with Gasteiger partial charge in [-0.1, -0.05) is 99.8 Å². The van der Waals surface area contributed by atoms with E-state index < -0.39 is 100.0 Å². The lowest BCUT2D eigenvalue weighted by Gasteiger charge is -2.34. The second-order valence-electron chi connectivity index (χ2n) is 26.6. The van der Waals surface area contributed by atoms with E-state index in [0.717, 1.165) is 64.3 Å². The quantitative estimate of drug-likeness (QED) is 0.0326. The molecule has 1 aliphatic heterocycles. The second-order valence-corrected chi connectivity index (χ2v) is 26.6. The molecular weight excluding hydrogens is 1080 g/mol. The summed E-state index contributed by atoms with van der Waals surface area (Å²) >= 11 is 0. The largest absolute Gasteiger partial charge is 0.448 e. The van der Waals surface area contributed by atoms with Gasteiger partial charge in [0.25, 0.3) is 5.91 Å². The Morgan fingerprint density at radius 3 is 1.69 bits per heavy atom. The lowest BCUT2D eigenvalue weighted by molar-refractivity contribution is -0.140. The molecule has 5 atom stereocenters. The van der Waals surface area contributed by atoms with Crippen LogP contribution < -0.4 is 47.9 Å². The van der Waals surface area contributed by atoms with Gasteiger partial charge in [0, 0.05) is 33.0 Å². The van der Waals surface area contributed by atoms with Crippen LogP contribution in [0.5, 0.6) is 0 Å². The molecule has 0 spiro atoms. The number of amides is 10. The van der Waals surface area contributed by atoms with Crippen LogP contribution in [0.25, 0.3) is 0 Å². The third kappa shape index (κ3) is 23.4. The molecule has 23 nitrogen and oxygen atoms in total. The van der Waals surface area contributed by atoms with Gasteiger partial charge in [0.05, 0.1) is 5.54 Å². The summed E-state index contributed by atoms with van der Waals surface area (Å²) in [5.41, 5.74) is -4.88. The Kier molecular flexibility index (Phi) is 28.3. The first-order valence-corrected chi connectivity index (χ1v) is 30.8. The van der Waals surface area contributed by atoms with Gasteiger partial charge in [-0.05, 0) is 125 Å². The molecule has 2 fully saturated rings. The van der Waals surface area contributed by atoms with Crippen LogP contribution in [0, 0.1) is 30.6 Å². The molecule has 84 heavy (non-hydrogen) atoms. The minimum atomic E-state index is -1.65. The van der Waals surface area contributed by atoms with E-state index >= 15 is 0 Å². The SMILES string of the molecule is CCCCCCCC[C@@H](C(=O)N[C@@H](CC(C)C)C(=O)NC(C)(C)C(=O)N[C@@H](CC(C)C)C(=O)N[C@@H](CC(C)C)C(=O)NC(C)(C)C(=O)NC(C)(C)C(=O)NCCC(=O)NC1(CN(C)C)CCCC1)C(=O)N[C@@H]1CCCN1C(=O)c1coc(C)n1. The molecule has 476 valence electrons. The van der Waals surface area contributed by atoms with Crippen molar-refractivity contribution in [2.24, 2.45) is 23.7 Å². The molecule has 0 bridgehead atoms. The Bertz CT molecular complexity index is 2390. The van der Waals surface area contributed by atoms with E-state index in [2.05, 4.69) is 64.7 Å².